The summed E-state index contributed by atoms with van der Waals surface area (Å²) < 4.78 is 5.19. The van der Waals surface area contributed by atoms with Crippen molar-refractivity contribution in [3.63, 3.8) is 0 Å². The normalized spacial score (nSPS) is 17.7. The Morgan fingerprint density at radius 3 is 2.56 bits per heavy atom. The summed E-state index contributed by atoms with van der Waals surface area (Å²) in [5, 5.41) is 6.17. The zero-order valence-corrected chi connectivity index (χ0v) is 18.4. The molecule has 0 aliphatic carbocycles. The summed E-state index contributed by atoms with van der Waals surface area (Å²) in [6.45, 7) is 1.87. The molecule has 0 fully saturated rings. The van der Waals surface area contributed by atoms with Gasteiger partial charge in [0, 0.05) is 10.7 Å². The second-order valence-electron chi connectivity index (χ2n) is 7.81. The molecule has 2 aromatic carbocycles. The fourth-order valence-electron chi connectivity index (χ4n) is 3.86. The molecule has 0 bridgehead atoms. The van der Waals surface area contributed by atoms with Crippen LogP contribution in [0.2, 0.25) is 5.02 Å². The van der Waals surface area contributed by atoms with Gasteiger partial charge in [-0.25, -0.2) is 9.59 Å². The molecular weight excluding hydrogens is 430 g/mol. The number of nitrogens with one attached hydrogen (secondary N) is 2. The van der Waals surface area contributed by atoms with Crippen LogP contribution in [0.5, 0.6) is 0 Å². The number of esters is 1. The molecule has 0 radical (unpaired) electrons. The quantitative estimate of drug-likeness (QED) is 0.615. The zero-order chi connectivity index (χ0) is 22.7. The maximum absolute atomic E-state index is 12.8. The highest BCUT2D eigenvalue weighted by Gasteiger charge is 2.42. The third-order valence-electron chi connectivity index (χ3n) is 5.56. The first-order valence-corrected chi connectivity index (χ1v) is 11.0. The van der Waals surface area contributed by atoms with Crippen molar-refractivity contribution >= 4 is 35.2 Å². The Morgan fingerprint density at radius 2 is 1.88 bits per heavy atom. The van der Waals surface area contributed by atoms with Crippen molar-refractivity contribution in [1.82, 2.24) is 10.2 Å². The van der Waals surface area contributed by atoms with Gasteiger partial charge in [-0.1, -0.05) is 49.2 Å². The second kappa shape index (κ2) is 9.44. The maximum atomic E-state index is 12.8. The van der Waals surface area contributed by atoms with Gasteiger partial charge in [0.2, 0.25) is 5.91 Å². The van der Waals surface area contributed by atoms with E-state index in [0.717, 1.165) is 19.3 Å². The highest BCUT2D eigenvalue weighted by molar-refractivity contribution is 6.30. The first-order chi connectivity index (χ1) is 15.5. The van der Waals surface area contributed by atoms with Gasteiger partial charge in [0.1, 0.15) is 13.2 Å². The zero-order valence-electron chi connectivity index (χ0n) is 17.7. The third kappa shape index (κ3) is 4.62. The van der Waals surface area contributed by atoms with Crippen LogP contribution in [0.25, 0.3) is 0 Å². The summed E-state index contributed by atoms with van der Waals surface area (Å²) in [6.07, 6.45) is 3.24. The van der Waals surface area contributed by atoms with Crippen LogP contribution in [-0.4, -0.2) is 36.0 Å². The van der Waals surface area contributed by atoms with Crippen LogP contribution < -0.4 is 10.6 Å². The molecule has 2 aliphatic rings. The molecule has 0 spiro atoms. The predicted molar refractivity (Wildman–Crippen MR) is 121 cm³/mol. The van der Waals surface area contributed by atoms with Gasteiger partial charge < -0.3 is 15.4 Å². The summed E-state index contributed by atoms with van der Waals surface area (Å²) in [5.41, 5.74) is 3.31. The number of benzene rings is 2. The van der Waals surface area contributed by atoms with E-state index in [2.05, 4.69) is 17.6 Å². The fraction of sp³-hybridized carbons (Fsp3) is 0.292. The number of amides is 3. The lowest BCUT2D eigenvalue weighted by Crippen LogP contribution is -2.49. The van der Waals surface area contributed by atoms with Gasteiger partial charge in [0.25, 0.3) is 0 Å². The Bertz CT molecular complexity index is 1060. The number of anilines is 1. The molecule has 2 heterocycles. The monoisotopic (exact) mass is 453 g/mol. The summed E-state index contributed by atoms with van der Waals surface area (Å²) in [4.78, 5) is 39.2. The topological polar surface area (TPSA) is 87.7 Å². The Hall–Kier alpha value is -3.32. The number of cyclic esters (lactones) is 1. The van der Waals surface area contributed by atoms with E-state index in [-0.39, 0.29) is 19.1 Å². The number of urea groups is 1. The lowest BCUT2D eigenvalue weighted by molar-refractivity contribution is -0.136. The van der Waals surface area contributed by atoms with Gasteiger partial charge in [-0.2, -0.15) is 0 Å². The van der Waals surface area contributed by atoms with E-state index in [4.69, 9.17) is 16.3 Å². The minimum atomic E-state index is -0.653. The summed E-state index contributed by atoms with van der Waals surface area (Å²) in [6, 6.07) is 13.4. The number of unbranched alkanes of at least 4 members (excludes halogenated alkanes) is 1. The predicted octanol–water partition coefficient (Wildman–Crippen LogP) is 4.20. The third-order valence-corrected chi connectivity index (χ3v) is 5.81. The average molecular weight is 454 g/mol. The number of carbonyl (C=O) groups excluding carboxylic acids is 3. The largest absolute Gasteiger partial charge is 0.456 e. The van der Waals surface area contributed by atoms with E-state index in [1.54, 1.807) is 24.3 Å². The van der Waals surface area contributed by atoms with Crippen LogP contribution >= 0.6 is 11.6 Å². The standard InChI is InChI=1S/C24H24ClN3O4/c1-2-3-4-15-5-11-18(12-6-15)26-20(29)13-28-19-14-32-23(30)21(19)22(27-24(28)31)16-7-9-17(25)10-8-16/h5-12,22H,2-4,13-14H2,1H3,(H,26,29)(H,27,31)/t22-/m0/s1. The highest BCUT2D eigenvalue weighted by atomic mass is 35.5. The number of hydrogen-bond acceptors (Lipinski definition) is 4. The molecular formula is C24H24ClN3O4. The van der Waals surface area contributed by atoms with Gasteiger partial charge in [0.15, 0.2) is 0 Å². The van der Waals surface area contributed by atoms with Crippen molar-refractivity contribution in [2.75, 3.05) is 18.5 Å². The molecule has 2 aromatic rings. The molecule has 166 valence electrons. The van der Waals surface area contributed by atoms with Gasteiger partial charge in [0.05, 0.1) is 17.3 Å². The van der Waals surface area contributed by atoms with Gasteiger partial charge in [-0.05, 0) is 48.2 Å². The molecule has 2 aliphatic heterocycles. The number of ether oxygens (including phenoxy) is 1. The first-order valence-electron chi connectivity index (χ1n) is 10.6. The fourth-order valence-corrected chi connectivity index (χ4v) is 3.99. The minimum Gasteiger partial charge on any atom is -0.456 e. The minimum absolute atomic E-state index is 0.0505. The lowest BCUT2D eigenvalue weighted by Gasteiger charge is -2.32. The van der Waals surface area contributed by atoms with Crippen LogP contribution in [0.4, 0.5) is 10.5 Å². The highest BCUT2D eigenvalue weighted by Crippen LogP contribution is 2.35. The van der Waals surface area contributed by atoms with E-state index in [1.807, 2.05) is 24.3 Å². The number of halogens is 1. The van der Waals surface area contributed by atoms with Crippen molar-refractivity contribution in [3.8, 4) is 0 Å². The molecule has 0 unspecified atom stereocenters. The molecule has 3 amide bonds. The van der Waals surface area contributed by atoms with Crippen molar-refractivity contribution in [1.29, 1.82) is 0 Å². The van der Waals surface area contributed by atoms with Crippen LogP contribution in [-0.2, 0) is 20.7 Å². The average Bonchev–Trinajstić information content (AvgIpc) is 3.17. The molecule has 4 rings (SSSR count). The first kappa shape index (κ1) is 21.9. The number of rotatable bonds is 7. The van der Waals surface area contributed by atoms with E-state index < -0.39 is 18.0 Å². The van der Waals surface area contributed by atoms with Crippen LogP contribution in [0.15, 0.2) is 59.8 Å². The molecule has 32 heavy (non-hydrogen) atoms. The van der Waals surface area contributed by atoms with E-state index in [0.29, 0.717) is 27.5 Å². The molecule has 1 atom stereocenters. The molecule has 0 aromatic heterocycles. The Labute approximate surface area is 191 Å². The van der Waals surface area contributed by atoms with Gasteiger partial charge >= 0.3 is 12.0 Å². The van der Waals surface area contributed by atoms with Crippen molar-refractivity contribution in [2.45, 2.75) is 32.2 Å². The van der Waals surface area contributed by atoms with E-state index in [1.165, 1.54) is 10.5 Å². The second-order valence-corrected chi connectivity index (χ2v) is 8.24. The lowest BCUT2D eigenvalue weighted by atomic mass is 9.96. The molecule has 7 nitrogen and oxygen atoms in total. The molecule has 8 heteroatoms. The number of aryl methyl sites for hydroxylation is 1. The number of nitrogens with zero attached hydrogens (tertiary/aromatic N) is 1. The summed E-state index contributed by atoms with van der Waals surface area (Å²) in [5.74, 6) is -0.870. The van der Waals surface area contributed by atoms with Gasteiger partial charge in [-0.15, -0.1) is 0 Å². The Kier molecular flexibility index (Phi) is 6.46. The summed E-state index contributed by atoms with van der Waals surface area (Å²) >= 11 is 5.95. The van der Waals surface area contributed by atoms with Crippen LogP contribution in [0.1, 0.15) is 36.9 Å². The van der Waals surface area contributed by atoms with Crippen molar-refractivity contribution < 1.29 is 19.1 Å². The smallest absolute Gasteiger partial charge is 0.338 e. The van der Waals surface area contributed by atoms with E-state index >= 15 is 0 Å². The number of carbonyl (C=O) groups is 3. The van der Waals surface area contributed by atoms with Crippen molar-refractivity contribution in [2.24, 2.45) is 0 Å². The van der Waals surface area contributed by atoms with Gasteiger partial charge in [-0.3, -0.25) is 9.69 Å². The maximum Gasteiger partial charge on any atom is 0.338 e. The molecule has 2 N–H and O–H groups in total. The molecule has 0 saturated carbocycles. The summed E-state index contributed by atoms with van der Waals surface area (Å²) in [7, 11) is 0. The van der Waals surface area contributed by atoms with Crippen LogP contribution in [0.3, 0.4) is 0 Å². The number of hydrogen-bond donors (Lipinski definition) is 2. The molecule has 0 saturated heterocycles. The Morgan fingerprint density at radius 1 is 1.16 bits per heavy atom. The van der Waals surface area contributed by atoms with E-state index in [9.17, 15) is 14.4 Å². The van der Waals surface area contributed by atoms with Crippen molar-refractivity contribution in [3.05, 3.63) is 76.0 Å². The Balaban J connectivity index is 1.49. The SMILES string of the molecule is CCCCc1ccc(NC(=O)CN2C(=O)N[C@@H](c3ccc(Cl)cc3)C3=C2COC3=O)cc1. The van der Waals surface area contributed by atoms with Crippen LogP contribution in [0, 0.1) is 0 Å².